The second kappa shape index (κ2) is 5.10. The summed E-state index contributed by atoms with van der Waals surface area (Å²) in [5.74, 6) is 1.88. The summed E-state index contributed by atoms with van der Waals surface area (Å²) >= 11 is 6.11. The van der Waals surface area contributed by atoms with Crippen molar-refractivity contribution in [3.05, 3.63) is 29.4 Å². The van der Waals surface area contributed by atoms with Crippen LogP contribution in [0.5, 0.6) is 11.5 Å². The van der Waals surface area contributed by atoms with E-state index in [0.717, 1.165) is 0 Å². The molecule has 1 aromatic heterocycles. The lowest BCUT2D eigenvalue weighted by Gasteiger charge is -2.11. The van der Waals surface area contributed by atoms with Crippen LogP contribution in [0.2, 0.25) is 5.02 Å². The first-order chi connectivity index (χ1) is 8.65. The Kier molecular flexibility index (Phi) is 3.53. The first kappa shape index (κ1) is 12.4. The van der Waals surface area contributed by atoms with Gasteiger partial charge in [-0.05, 0) is 18.2 Å². The monoisotopic (exact) mass is 265 g/mol. The summed E-state index contributed by atoms with van der Waals surface area (Å²) in [7, 11) is 3.07. The molecule has 0 aliphatic rings. The minimum atomic E-state index is 0.394. The van der Waals surface area contributed by atoms with Crippen molar-refractivity contribution < 1.29 is 9.47 Å². The number of ether oxygens (including phenoxy) is 2. The van der Waals surface area contributed by atoms with Crippen LogP contribution >= 0.6 is 11.6 Å². The zero-order valence-corrected chi connectivity index (χ0v) is 10.7. The van der Waals surface area contributed by atoms with Gasteiger partial charge >= 0.3 is 0 Å². The summed E-state index contributed by atoms with van der Waals surface area (Å²) < 4.78 is 10.4. The Hall–Kier alpha value is -2.01. The van der Waals surface area contributed by atoms with E-state index in [1.807, 2.05) is 0 Å². The van der Waals surface area contributed by atoms with Gasteiger partial charge in [-0.2, -0.15) is 0 Å². The number of aromatic nitrogens is 2. The summed E-state index contributed by atoms with van der Waals surface area (Å²) in [4.78, 5) is 8.26. The van der Waals surface area contributed by atoms with Crippen LogP contribution in [0, 0.1) is 0 Å². The maximum absolute atomic E-state index is 6.11. The maximum atomic E-state index is 6.11. The molecule has 1 heterocycles. The number of hydrogen-bond donors (Lipinski definition) is 1. The van der Waals surface area contributed by atoms with Gasteiger partial charge in [-0.3, -0.25) is 0 Å². The van der Waals surface area contributed by atoms with Gasteiger partial charge in [-0.1, -0.05) is 11.6 Å². The SMILES string of the molecule is COc1cc(-c2nccc(N)n2)cc(Cl)c1OC. The fraction of sp³-hybridized carbons (Fsp3) is 0.167. The molecule has 0 unspecified atom stereocenters. The van der Waals surface area contributed by atoms with E-state index in [1.54, 1.807) is 24.4 Å². The molecule has 6 heteroatoms. The van der Waals surface area contributed by atoms with E-state index in [-0.39, 0.29) is 0 Å². The van der Waals surface area contributed by atoms with Crippen molar-refractivity contribution in [1.82, 2.24) is 9.97 Å². The quantitative estimate of drug-likeness (QED) is 0.923. The Bertz CT molecular complexity index is 575. The van der Waals surface area contributed by atoms with Gasteiger partial charge in [0, 0.05) is 11.8 Å². The second-order valence-electron chi connectivity index (χ2n) is 3.50. The zero-order chi connectivity index (χ0) is 13.1. The number of rotatable bonds is 3. The molecule has 0 saturated carbocycles. The molecule has 0 fully saturated rings. The van der Waals surface area contributed by atoms with E-state index in [2.05, 4.69) is 9.97 Å². The van der Waals surface area contributed by atoms with Crippen LogP contribution in [0.3, 0.4) is 0 Å². The van der Waals surface area contributed by atoms with Crippen molar-refractivity contribution in [3.63, 3.8) is 0 Å². The number of nitrogens with two attached hydrogens (primary N) is 1. The smallest absolute Gasteiger partial charge is 0.179 e. The number of benzene rings is 1. The molecular weight excluding hydrogens is 254 g/mol. The van der Waals surface area contributed by atoms with E-state index >= 15 is 0 Å². The number of hydrogen-bond acceptors (Lipinski definition) is 5. The van der Waals surface area contributed by atoms with Gasteiger partial charge < -0.3 is 15.2 Å². The van der Waals surface area contributed by atoms with Gasteiger partial charge in [0.05, 0.1) is 19.2 Å². The summed E-state index contributed by atoms with van der Waals surface area (Å²) in [6.45, 7) is 0. The third kappa shape index (κ3) is 2.31. The third-order valence-electron chi connectivity index (χ3n) is 2.37. The second-order valence-corrected chi connectivity index (χ2v) is 3.91. The number of halogens is 1. The summed E-state index contributed by atoms with van der Waals surface area (Å²) in [6.07, 6.45) is 1.59. The summed E-state index contributed by atoms with van der Waals surface area (Å²) in [5.41, 5.74) is 6.33. The minimum Gasteiger partial charge on any atom is -0.493 e. The molecule has 0 spiro atoms. The molecule has 0 radical (unpaired) electrons. The van der Waals surface area contributed by atoms with Gasteiger partial charge in [0.15, 0.2) is 17.3 Å². The molecule has 2 rings (SSSR count). The average molecular weight is 266 g/mol. The largest absolute Gasteiger partial charge is 0.493 e. The van der Waals surface area contributed by atoms with Gasteiger partial charge in [0.25, 0.3) is 0 Å². The Morgan fingerprint density at radius 3 is 2.61 bits per heavy atom. The fourth-order valence-corrected chi connectivity index (χ4v) is 1.85. The molecule has 0 aliphatic heterocycles. The van der Waals surface area contributed by atoms with Crippen molar-refractivity contribution >= 4 is 17.4 Å². The molecule has 1 aromatic carbocycles. The van der Waals surface area contributed by atoms with Crippen molar-refractivity contribution in [3.8, 4) is 22.9 Å². The molecule has 2 N–H and O–H groups in total. The lowest BCUT2D eigenvalue weighted by Crippen LogP contribution is -1.96. The van der Waals surface area contributed by atoms with Crippen molar-refractivity contribution in [2.45, 2.75) is 0 Å². The van der Waals surface area contributed by atoms with Crippen LogP contribution in [0.15, 0.2) is 24.4 Å². The molecule has 0 aliphatic carbocycles. The topological polar surface area (TPSA) is 70.3 Å². The normalized spacial score (nSPS) is 10.2. The first-order valence-electron chi connectivity index (χ1n) is 5.16. The van der Waals surface area contributed by atoms with Crippen molar-refractivity contribution in [1.29, 1.82) is 0 Å². The van der Waals surface area contributed by atoms with E-state index in [1.165, 1.54) is 14.2 Å². The Balaban J connectivity index is 2.56. The van der Waals surface area contributed by atoms with Crippen LogP contribution < -0.4 is 15.2 Å². The van der Waals surface area contributed by atoms with Crippen LogP contribution in [0.4, 0.5) is 5.82 Å². The summed E-state index contributed by atoms with van der Waals surface area (Å²) in [5, 5.41) is 0.429. The fourth-order valence-electron chi connectivity index (χ4n) is 1.56. The van der Waals surface area contributed by atoms with Gasteiger partial charge in [-0.15, -0.1) is 0 Å². The number of methoxy groups -OCH3 is 2. The average Bonchev–Trinajstić information content (AvgIpc) is 2.37. The van der Waals surface area contributed by atoms with Crippen LogP contribution in [0.25, 0.3) is 11.4 Å². The van der Waals surface area contributed by atoms with E-state index in [9.17, 15) is 0 Å². The molecule has 0 atom stereocenters. The molecule has 2 aromatic rings. The summed E-state index contributed by atoms with van der Waals surface area (Å²) in [6, 6.07) is 5.07. The molecule has 94 valence electrons. The number of nitrogen functional groups attached to an aromatic ring is 1. The number of anilines is 1. The highest BCUT2D eigenvalue weighted by Gasteiger charge is 2.13. The maximum Gasteiger partial charge on any atom is 0.179 e. The molecular formula is C12H12ClN3O2. The molecule has 0 bridgehead atoms. The Morgan fingerprint density at radius 1 is 1.22 bits per heavy atom. The molecule has 0 amide bonds. The Labute approximate surface area is 110 Å². The lowest BCUT2D eigenvalue weighted by atomic mass is 10.2. The highest BCUT2D eigenvalue weighted by atomic mass is 35.5. The standard InChI is InChI=1S/C12H12ClN3O2/c1-17-9-6-7(5-8(13)11(9)18-2)12-15-4-3-10(14)16-12/h3-6H,1-2H3,(H2,14,15,16). The van der Waals surface area contributed by atoms with E-state index < -0.39 is 0 Å². The van der Waals surface area contributed by atoms with Gasteiger partial charge in [0.1, 0.15) is 5.82 Å². The van der Waals surface area contributed by atoms with E-state index in [0.29, 0.717) is 33.7 Å². The van der Waals surface area contributed by atoms with Crippen LogP contribution in [0.1, 0.15) is 0 Å². The predicted octanol–water partition coefficient (Wildman–Crippen LogP) is 2.40. The van der Waals surface area contributed by atoms with Gasteiger partial charge in [0.2, 0.25) is 0 Å². The van der Waals surface area contributed by atoms with Crippen LogP contribution in [-0.2, 0) is 0 Å². The van der Waals surface area contributed by atoms with E-state index in [4.69, 9.17) is 26.8 Å². The zero-order valence-electron chi connectivity index (χ0n) is 9.98. The van der Waals surface area contributed by atoms with Gasteiger partial charge in [-0.25, -0.2) is 9.97 Å². The number of nitrogens with zero attached hydrogens (tertiary/aromatic N) is 2. The lowest BCUT2D eigenvalue weighted by molar-refractivity contribution is 0.355. The van der Waals surface area contributed by atoms with Crippen molar-refractivity contribution in [2.75, 3.05) is 20.0 Å². The first-order valence-corrected chi connectivity index (χ1v) is 5.54. The third-order valence-corrected chi connectivity index (χ3v) is 2.65. The highest BCUT2D eigenvalue weighted by Crippen LogP contribution is 2.38. The molecule has 18 heavy (non-hydrogen) atoms. The molecule has 0 saturated heterocycles. The molecule has 5 nitrogen and oxygen atoms in total. The minimum absolute atomic E-state index is 0.394. The predicted molar refractivity (Wildman–Crippen MR) is 70.0 cm³/mol. The van der Waals surface area contributed by atoms with Crippen LogP contribution in [-0.4, -0.2) is 24.2 Å². The Morgan fingerprint density at radius 2 is 2.00 bits per heavy atom. The van der Waals surface area contributed by atoms with Crippen molar-refractivity contribution in [2.24, 2.45) is 0 Å². The highest BCUT2D eigenvalue weighted by molar-refractivity contribution is 6.32.